The molecule has 1 aliphatic heterocycles. The second kappa shape index (κ2) is 9.80. The third-order valence-electron chi connectivity index (χ3n) is 4.29. The SMILES string of the molecule is CCOC(=O)N1CCC(NC(=O)Nc2cc(C(C)=O)ccc2OCC)CC1. The Morgan fingerprint density at radius 2 is 1.85 bits per heavy atom. The minimum Gasteiger partial charge on any atom is -0.492 e. The molecule has 27 heavy (non-hydrogen) atoms. The van der Waals surface area contributed by atoms with E-state index in [0.29, 0.717) is 56.1 Å². The average Bonchev–Trinajstić information content (AvgIpc) is 2.64. The van der Waals surface area contributed by atoms with Crippen molar-refractivity contribution in [1.29, 1.82) is 0 Å². The molecule has 1 aliphatic rings. The number of benzene rings is 1. The molecule has 0 radical (unpaired) electrons. The van der Waals surface area contributed by atoms with E-state index in [4.69, 9.17) is 9.47 Å². The Balaban J connectivity index is 1.93. The van der Waals surface area contributed by atoms with Gasteiger partial charge in [0.25, 0.3) is 0 Å². The van der Waals surface area contributed by atoms with E-state index in [0.717, 1.165) is 0 Å². The highest BCUT2D eigenvalue weighted by Gasteiger charge is 2.24. The van der Waals surface area contributed by atoms with Gasteiger partial charge < -0.3 is 25.0 Å². The molecule has 0 saturated carbocycles. The molecular weight excluding hydrogens is 350 g/mol. The summed E-state index contributed by atoms with van der Waals surface area (Å²) in [5.41, 5.74) is 0.947. The molecule has 8 heteroatoms. The van der Waals surface area contributed by atoms with Crippen LogP contribution >= 0.6 is 0 Å². The fourth-order valence-electron chi connectivity index (χ4n) is 2.89. The van der Waals surface area contributed by atoms with Crippen LogP contribution in [0, 0.1) is 0 Å². The number of amides is 3. The van der Waals surface area contributed by atoms with Gasteiger partial charge in [-0.05, 0) is 51.8 Å². The highest BCUT2D eigenvalue weighted by atomic mass is 16.6. The van der Waals surface area contributed by atoms with Crippen LogP contribution in [0.3, 0.4) is 0 Å². The van der Waals surface area contributed by atoms with Gasteiger partial charge in [0.2, 0.25) is 0 Å². The maximum Gasteiger partial charge on any atom is 0.409 e. The van der Waals surface area contributed by atoms with Gasteiger partial charge in [-0.25, -0.2) is 9.59 Å². The van der Waals surface area contributed by atoms with Crippen LogP contribution in [0.15, 0.2) is 18.2 Å². The van der Waals surface area contributed by atoms with E-state index in [1.54, 1.807) is 30.0 Å². The number of piperidine rings is 1. The van der Waals surface area contributed by atoms with E-state index in [2.05, 4.69) is 10.6 Å². The highest BCUT2D eigenvalue weighted by molar-refractivity contribution is 5.98. The first-order valence-corrected chi connectivity index (χ1v) is 9.21. The second-order valence-electron chi connectivity index (χ2n) is 6.26. The quantitative estimate of drug-likeness (QED) is 0.743. The second-order valence-corrected chi connectivity index (χ2v) is 6.26. The normalized spacial score (nSPS) is 14.4. The minimum absolute atomic E-state index is 0.0396. The van der Waals surface area contributed by atoms with Crippen molar-refractivity contribution < 1.29 is 23.9 Å². The van der Waals surface area contributed by atoms with Gasteiger partial charge in [-0.15, -0.1) is 0 Å². The lowest BCUT2D eigenvalue weighted by Crippen LogP contribution is -2.47. The molecule has 2 rings (SSSR count). The molecule has 0 spiro atoms. The van der Waals surface area contributed by atoms with Crippen LogP contribution in [0.2, 0.25) is 0 Å². The third-order valence-corrected chi connectivity index (χ3v) is 4.29. The summed E-state index contributed by atoms with van der Waals surface area (Å²) in [6.45, 7) is 6.95. The number of hydrogen-bond acceptors (Lipinski definition) is 5. The van der Waals surface area contributed by atoms with Gasteiger partial charge in [0.05, 0.1) is 18.9 Å². The van der Waals surface area contributed by atoms with Gasteiger partial charge in [-0.2, -0.15) is 0 Å². The topological polar surface area (TPSA) is 97.0 Å². The van der Waals surface area contributed by atoms with Crippen molar-refractivity contribution in [3.63, 3.8) is 0 Å². The Morgan fingerprint density at radius 1 is 1.15 bits per heavy atom. The van der Waals surface area contributed by atoms with Gasteiger partial charge in [0.15, 0.2) is 5.78 Å². The molecule has 0 aliphatic carbocycles. The summed E-state index contributed by atoms with van der Waals surface area (Å²) in [6.07, 6.45) is 0.985. The largest absolute Gasteiger partial charge is 0.492 e. The number of urea groups is 1. The number of carbonyl (C=O) groups excluding carboxylic acids is 3. The molecule has 0 aromatic heterocycles. The number of nitrogens with zero attached hydrogens (tertiary/aromatic N) is 1. The molecule has 8 nitrogen and oxygen atoms in total. The van der Waals surface area contributed by atoms with Gasteiger partial charge in [0.1, 0.15) is 5.75 Å². The Morgan fingerprint density at radius 3 is 2.44 bits per heavy atom. The van der Waals surface area contributed by atoms with E-state index >= 15 is 0 Å². The molecule has 2 N–H and O–H groups in total. The standard InChI is InChI=1S/C19H27N3O5/c1-4-26-17-7-6-14(13(3)23)12-16(17)21-18(24)20-15-8-10-22(11-9-15)19(25)27-5-2/h6-7,12,15H,4-5,8-11H2,1-3H3,(H2,20,21,24). The van der Waals surface area contributed by atoms with Crippen molar-refractivity contribution >= 4 is 23.6 Å². The van der Waals surface area contributed by atoms with E-state index in [9.17, 15) is 14.4 Å². The van der Waals surface area contributed by atoms with Crippen LogP contribution in [0.25, 0.3) is 0 Å². The fraction of sp³-hybridized carbons (Fsp3) is 0.526. The summed E-state index contributed by atoms with van der Waals surface area (Å²) >= 11 is 0. The average molecular weight is 377 g/mol. The Kier molecular flexibility index (Phi) is 7.45. The number of anilines is 1. The lowest BCUT2D eigenvalue weighted by molar-refractivity contribution is 0.0957. The molecular formula is C19H27N3O5. The van der Waals surface area contributed by atoms with Crippen molar-refractivity contribution in [2.24, 2.45) is 0 Å². The fourth-order valence-corrected chi connectivity index (χ4v) is 2.89. The van der Waals surface area contributed by atoms with Gasteiger partial charge in [-0.3, -0.25) is 4.79 Å². The zero-order valence-electron chi connectivity index (χ0n) is 16.0. The summed E-state index contributed by atoms with van der Waals surface area (Å²) < 4.78 is 10.5. The van der Waals surface area contributed by atoms with Crippen molar-refractivity contribution in [2.45, 2.75) is 39.7 Å². The summed E-state index contributed by atoms with van der Waals surface area (Å²) in [5.74, 6) is 0.419. The summed E-state index contributed by atoms with van der Waals surface area (Å²) in [7, 11) is 0. The molecule has 0 unspecified atom stereocenters. The van der Waals surface area contributed by atoms with Crippen molar-refractivity contribution in [3.05, 3.63) is 23.8 Å². The number of rotatable bonds is 6. The molecule has 1 aromatic rings. The van der Waals surface area contributed by atoms with Gasteiger partial charge in [-0.1, -0.05) is 0 Å². The number of Topliss-reactive ketones (excluding diaryl/α,β-unsaturated/α-hetero) is 1. The van der Waals surface area contributed by atoms with Crippen LogP contribution in [0.1, 0.15) is 44.0 Å². The molecule has 3 amide bonds. The third kappa shape index (κ3) is 5.87. The lowest BCUT2D eigenvalue weighted by atomic mass is 10.1. The van der Waals surface area contributed by atoms with E-state index in [1.807, 2.05) is 6.92 Å². The monoisotopic (exact) mass is 377 g/mol. The van der Waals surface area contributed by atoms with Crippen LogP contribution in [0.5, 0.6) is 5.75 Å². The van der Waals surface area contributed by atoms with Crippen molar-refractivity contribution in [3.8, 4) is 5.75 Å². The molecule has 1 aromatic carbocycles. The van der Waals surface area contributed by atoms with Crippen LogP contribution in [-0.4, -0.2) is 55.2 Å². The Bertz CT molecular complexity index is 684. The first kappa shape index (κ1) is 20.5. The predicted molar refractivity (Wildman–Crippen MR) is 101 cm³/mol. The number of carbonyl (C=O) groups is 3. The van der Waals surface area contributed by atoms with Crippen molar-refractivity contribution in [2.75, 3.05) is 31.6 Å². The molecule has 148 valence electrons. The maximum absolute atomic E-state index is 12.4. The first-order chi connectivity index (χ1) is 12.9. The number of nitrogens with one attached hydrogen (secondary N) is 2. The number of hydrogen-bond donors (Lipinski definition) is 2. The molecule has 1 fully saturated rings. The molecule has 1 heterocycles. The molecule has 0 atom stereocenters. The van der Waals surface area contributed by atoms with Crippen molar-refractivity contribution in [1.82, 2.24) is 10.2 Å². The van der Waals surface area contributed by atoms with Gasteiger partial charge >= 0.3 is 12.1 Å². The first-order valence-electron chi connectivity index (χ1n) is 9.21. The number of likely N-dealkylation sites (tertiary alicyclic amines) is 1. The summed E-state index contributed by atoms with van der Waals surface area (Å²) in [5, 5.41) is 5.67. The Labute approximate surface area is 159 Å². The summed E-state index contributed by atoms with van der Waals surface area (Å²) in [6, 6.07) is 4.54. The van der Waals surface area contributed by atoms with Crippen LogP contribution < -0.4 is 15.4 Å². The number of ketones is 1. The Hall–Kier alpha value is -2.77. The van der Waals surface area contributed by atoms with E-state index in [-0.39, 0.29) is 23.9 Å². The zero-order chi connectivity index (χ0) is 19.8. The van der Waals surface area contributed by atoms with Gasteiger partial charge in [0, 0.05) is 24.7 Å². The smallest absolute Gasteiger partial charge is 0.409 e. The van der Waals surface area contributed by atoms with E-state index in [1.165, 1.54) is 6.92 Å². The lowest BCUT2D eigenvalue weighted by Gasteiger charge is -2.31. The highest BCUT2D eigenvalue weighted by Crippen LogP contribution is 2.26. The van der Waals surface area contributed by atoms with Crippen LogP contribution in [0.4, 0.5) is 15.3 Å². The maximum atomic E-state index is 12.4. The van der Waals surface area contributed by atoms with Crippen LogP contribution in [-0.2, 0) is 4.74 Å². The molecule has 1 saturated heterocycles. The van der Waals surface area contributed by atoms with E-state index < -0.39 is 0 Å². The molecule has 0 bridgehead atoms. The number of ether oxygens (including phenoxy) is 2. The summed E-state index contributed by atoms with van der Waals surface area (Å²) in [4.78, 5) is 37.3. The predicted octanol–water partition coefficient (Wildman–Crippen LogP) is 3.03. The minimum atomic E-state index is -0.369. The zero-order valence-corrected chi connectivity index (χ0v) is 16.0.